The summed E-state index contributed by atoms with van der Waals surface area (Å²) in [5.41, 5.74) is 5.52. The van der Waals surface area contributed by atoms with Gasteiger partial charge in [-0.1, -0.05) is 30.7 Å². The molecule has 1 aliphatic carbocycles. The fourth-order valence-electron chi connectivity index (χ4n) is 3.78. The van der Waals surface area contributed by atoms with Crippen molar-refractivity contribution < 1.29 is 13.5 Å². The van der Waals surface area contributed by atoms with E-state index in [1.165, 1.54) is 36.7 Å². The molecular weight excluding hydrogens is 318 g/mol. The standard InChI is InChI=1S/C17H20F2N2OS/c18-12-3-4-14(15(19)7-12)17-9-22-13(5-10-1-2-10)6-11(17)8-23-16(20)21-17/h3-4,7,10-11,13H,1-2,5-6,8-9H2,(H2,20,21)/t11-,13+,17-/m0/s1. The van der Waals surface area contributed by atoms with Crippen molar-refractivity contribution in [2.45, 2.75) is 37.3 Å². The van der Waals surface area contributed by atoms with Crippen LogP contribution in [0.25, 0.3) is 0 Å². The van der Waals surface area contributed by atoms with Gasteiger partial charge in [0.15, 0.2) is 5.17 Å². The minimum atomic E-state index is -0.812. The molecule has 0 bridgehead atoms. The van der Waals surface area contributed by atoms with E-state index in [-0.39, 0.29) is 12.0 Å². The topological polar surface area (TPSA) is 47.6 Å². The molecular formula is C17H20F2N2OS. The van der Waals surface area contributed by atoms with Gasteiger partial charge in [-0.2, -0.15) is 0 Å². The summed E-state index contributed by atoms with van der Waals surface area (Å²) in [6.07, 6.45) is 4.75. The molecule has 2 N–H and O–H groups in total. The van der Waals surface area contributed by atoms with E-state index in [1.54, 1.807) is 0 Å². The average molecular weight is 338 g/mol. The summed E-state index contributed by atoms with van der Waals surface area (Å²) in [4.78, 5) is 4.60. The van der Waals surface area contributed by atoms with Crippen molar-refractivity contribution in [3.05, 3.63) is 35.4 Å². The van der Waals surface area contributed by atoms with Gasteiger partial charge in [-0.15, -0.1) is 0 Å². The zero-order chi connectivity index (χ0) is 16.0. The van der Waals surface area contributed by atoms with Crippen LogP contribution in [-0.4, -0.2) is 23.6 Å². The molecule has 1 saturated heterocycles. The van der Waals surface area contributed by atoms with Crippen LogP contribution >= 0.6 is 11.8 Å². The summed E-state index contributed by atoms with van der Waals surface area (Å²) < 4.78 is 33.8. The van der Waals surface area contributed by atoms with Gasteiger partial charge in [0.25, 0.3) is 0 Å². The molecule has 2 fully saturated rings. The number of nitrogens with zero attached hydrogens (tertiary/aromatic N) is 1. The molecule has 1 saturated carbocycles. The lowest BCUT2D eigenvalue weighted by Gasteiger charge is -2.46. The number of nitrogens with two attached hydrogens (primary N) is 1. The zero-order valence-electron chi connectivity index (χ0n) is 12.8. The molecule has 4 rings (SSSR count). The highest BCUT2D eigenvalue weighted by Crippen LogP contribution is 2.48. The summed E-state index contributed by atoms with van der Waals surface area (Å²) in [7, 11) is 0. The van der Waals surface area contributed by atoms with Gasteiger partial charge in [0.2, 0.25) is 0 Å². The van der Waals surface area contributed by atoms with Crippen molar-refractivity contribution >= 4 is 16.9 Å². The smallest absolute Gasteiger partial charge is 0.154 e. The number of rotatable bonds is 3. The van der Waals surface area contributed by atoms with E-state index >= 15 is 0 Å². The fraction of sp³-hybridized carbons (Fsp3) is 0.588. The Kier molecular flexibility index (Phi) is 3.84. The number of thioether (sulfide) groups is 1. The van der Waals surface area contributed by atoms with Crippen LogP contribution in [0, 0.1) is 23.5 Å². The van der Waals surface area contributed by atoms with Crippen molar-refractivity contribution in [1.82, 2.24) is 0 Å². The predicted molar refractivity (Wildman–Crippen MR) is 87.3 cm³/mol. The quantitative estimate of drug-likeness (QED) is 0.918. The first kappa shape index (κ1) is 15.4. The maximum Gasteiger partial charge on any atom is 0.154 e. The summed E-state index contributed by atoms with van der Waals surface area (Å²) in [5.74, 6) is 0.612. The van der Waals surface area contributed by atoms with Crippen LogP contribution in [0.3, 0.4) is 0 Å². The third kappa shape index (κ3) is 2.87. The highest BCUT2D eigenvalue weighted by molar-refractivity contribution is 8.13. The molecule has 2 heterocycles. The Balaban J connectivity index is 1.68. The molecule has 1 aromatic carbocycles. The van der Waals surface area contributed by atoms with Gasteiger partial charge in [-0.3, -0.25) is 0 Å². The minimum Gasteiger partial charge on any atom is -0.379 e. The Hall–Kier alpha value is -1.14. The molecule has 23 heavy (non-hydrogen) atoms. The highest BCUT2D eigenvalue weighted by atomic mass is 32.2. The summed E-state index contributed by atoms with van der Waals surface area (Å²) >= 11 is 1.52. The molecule has 2 aliphatic heterocycles. The monoisotopic (exact) mass is 338 g/mol. The van der Waals surface area contributed by atoms with E-state index < -0.39 is 17.2 Å². The Bertz CT molecular complexity index is 649. The molecule has 6 heteroatoms. The number of amidine groups is 1. The van der Waals surface area contributed by atoms with E-state index in [4.69, 9.17) is 10.5 Å². The van der Waals surface area contributed by atoms with Gasteiger partial charge in [0, 0.05) is 23.3 Å². The number of fused-ring (bicyclic) bond motifs is 1. The maximum absolute atomic E-state index is 14.4. The molecule has 0 spiro atoms. The average Bonchev–Trinajstić information content (AvgIpc) is 3.31. The van der Waals surface area contributed by atoms with Crippen LogP contribution in [0.1, 0.15) is 31.2 Å². The fourth-order valence-corrected chi connectivity index (χ4v) is 4.79. The lowest BCUT2D eigenvalue weighted by molar-refractivity contribution is -0.0620. The SMILES string of the molecule is NC1=N[C@@]2(c3ccc(F)cc3F)CO[C@H](CC3CC3)C[C@H]2CS1. The second-order valence-corrected chi connectivity index (χ2v) is 7.89. The van der Waals surface area contributed by atoms with E-state index in [1.807, 2.05) is 0 Å². The van der Waals surface area contributed by atoms with Crippen LogP contribution in [0.15, 0.2) is 23.2 Å². The van der Waals surface area contributed by atoms with Gasteiger partial charge in [-0.25, -0.2) is 13.8 Å². The number of aliphatic imine (C=N–C) groups is 1. The molecule has 0 radical (unpaired) electrons. The number of hydrogen-bond donors (Lipinski definition) is 1. The largest absolute Gasteiger partial charge is 0.379 e. The highest BCUT2D eigenvalue weighted by Gasteiger charge is 2.49. The molecule has 124 valence electrons. The Morgan fingerprint density at radius 2 is 2.17 bits per heavy atom. The molecule has 3 atom stereocenters. The second-order valence-electron chi connectivity index (χ2n) is 6.85. The third-order valence-electron chi connectivity index (χ3n) is 5.19. The summed E-state index contributed by atoms with van der Waals surface area (Å²) in [6, 6.07) is 3.70. The molecule has 0 amide bonds. The van der Waals surface area contributed by atoms with Gasteiger partial charge in [-0.05, 0) is 24.8 Å². The Labute approximate surface area is 138 Å². The van der Waals surface area contributed by atoms with Gasteiger partial charge in [0.05, 0.1) is 12.7 Å². The molecule has 0 unspecified atom stereocenters. The first-order valence-corrected chi connectivity index (χ1v) is 9.10. The summed E-state index contributed by atoms with van der Waals surface area (Å²) in [5, 5.41) is 0.453. The summed E-state index contributed by atoms with van der Waals surface area (Å²) in [6.45, 7) is 0.318. The third-order valence-corrected chi connectivity index (χ3v) is 6.15. The molecule has 0 aromatic heterocycles. The van der Waals surface area contributed by atoms with E-state index in [0.717, 1.165) is 30.6 Å². The predicted octanol–water partition coefficient (Wildman–Crippen LogP) is 3.43. The first-order chi connectivity index (χ1) is 11.1. The van der Waals surface area contributed by atoms with Crippen molar-refractivity contribution in [2.75, 3.05) is 12.4 Å². The normalized spacial score (nSPS) is 33.9. The van der Waals surface area contributed by atoms with Crippen molar-refractivity contribution in [1.29, 1.82) is 0 Å². The molecule has 3 aliphatic rings. The van der Waals surface area contributed by atoms with Gasteiger partial charge < -0.3 is 10.5 Å². The zero-order valence-corrected chi connectivity index (χ0v) is 13.6. The van der Waals surface area contributed by atoms with E-state index in [2.05, 4.69) is 4.99 Å². The molecule has 1 aromatic rings. The van der Waals surface area contributed by atoms with Crippen molar-refractivity contribution in [3.63, 3.8) is 0 Å². The van der Waals surface area contributed by atoms with Crippen LogP contribution < -0.4 is 5.73 Å². The lowest BCUT2D eigenvalue weighted by Crippen LogP contribution is -2.50. The first-order valence-electron chi connectivity index (χ1n) is 8.12. The minimum absolute atomic E-state index is 0.164. The van der Waals surface area contributed by atoms with Crippen LogP contribution in [0.5, 0.6) is 0 Å². The van der Waals surface area contributed by atoms with E-state index in [0.29, 0.717) is 17.3 Å². The van der Waals surface area contributed by atoms with Crippen LogP contribution in [-0.2, 0) is 10.3 Å². The van der Waals surface area contributed by atoms with Crippen LogP contribution in [0.4, 0.5) is 8.78 Å². The number of hydrogen-bond acceptors (Lipinski definition) is 4. The van der Waals surface area contributed by atoms with Crippen LogP contribution in [0.2, 0.25) is 0 Å². The maximum atomic E-state index is 14.4. The van der Waals surface area contributed by atoms with Crippen molar-refractivity contribution in [2.24, 2.45) is 22.6 Å². The van der Waals surface area contributed by atoms with Gasteiger partial charge in [0.1, 0.15) is 17.2 Å². The number of benzene rings is 1. The number of ether oxygens (including phenoxy) is 1. The Morgan fingerprint density at radius 1 is 1.35 bits per heavy atom. The molecule has 3 nitrogen and oxygen atoms in total. The lowest BCUT2D eigenvalue weighted by atomic mass is 9.74. The van der Waals surface area contributed by atoms with Gasteiger partial charge >= 0.3 is 0 Å². The van der Waals surface area contributed by atoms with Crippen molar-refractivity contribution in [3.8, 4) is 0 Å². The van der Waals surface area contributed by atoms with E-state index in [9.17, 15) is 8.78 Å². The number of halogens is 2. The Morgan fingerprint density at radius 3 is 2.91 bits per heavy atom. The second kappa shape index (κ2) is 5.74.